The monoisotopic (exact) mass is 308 g/mol. The topological polar surface area (TPSA) is 116 Å². The number of sulfonamides is 1. The third kappa shape index (κ3) is 4.15. The van der Waals surface area contributed by atoms with Gasteiger partial charge in [-0.2, -0.15) is 4.72 Å². The Hall–Kier alpha value is -1.19. The Morgan fingerprint density at radius 3 is 2.58 bits per heavy atom. The first-order chi connectivity index (χ1) is 8.77. The highest BCUT2D eigenvalue weighted by Gasteiger charge is 2.27. The van der Waals surface area contributed by atoms with Crippen LogP contribution in [-0.4, -0.2) is 30.5 Å². The zero-order valence-electron chi connectivity index (χ0n) is 10.6. The number of H-pyrrole nitrogens is 1. The highest BCUT2D eigenvalue weighted by molar-refractivity contribution is 7.91. The number of aliphatic carboxylic acids is 1. The van der Waals surface area contributed by atoms with Gasteiger partial charge >= 0.3 is 10.8 Å². The maximum absolute atomic E-state index is 12.0. The summed E-state index contributed by atoms with van der Waals surface area (Å²) in [6.45, 7) is 3.34. The Balaban J connectivity index is 2.97. The van der Waals surface area contributed by atoms with Crippen LogP contribution in [0.2, 0.25) is 0 Å². The Kier molecular flexibility index (Phi) is 5.27. The predicted molar refractivity (Wildman–Crippen MR) is 70.9 cm³/mol. The SMILES string of the molecule is CCCCC(NS(=O)(=O)c1sc(=O)[nH]c1C)C(=O)O. The molecule has 0 amide bonds. The summed E-state index contributed by atoms with van der Waals surface area (Å²) in [5.41, 5.74) is 0.210. The van der Waals surface area contributed by atoms with Crippen molar-refractivity contribution in [3.8, 4) is 0 Å². The molecule has 0 spiro atoms. The Bertz CT molecular complexity index is 602. The molecule has 0 fully saturated rings. The van der Waals surface area contributed by atoms with Crippen molar-refractivity contribution in [2.45, 2.75) is 43.4 Å². The van der Waals surface area contributed by atoms with Gasteiger partial charge in [-0.25, -0.2) is 8.42 Å². The van der Waals surface area contributed by atoms with Crippen molar-refractivity contribution in [2.75, 3.05) is 0 Å². The van der Waals surface area contributed by atoms with E-state index in [2.05, 4.69) is 9.71 Å². The molecule has 0 bridgehead atoms. The van der Waals surface area contributed by atoms with Crippen molar-refractivity contribution in [1.82, 2.24) is 9.71 Å². The van der Waals surface area contributed by atoms with Crippen LogP contribution in [0.3, 0.4) is 0 Å². The number of aryl methyl sites for hydroxylation is 1. The zero-order chi connectivity index (χ0) is 14.6. The van der Waals surface area contributed by atoms with Crippen molar-refractivity contribution in [3.05, 3.63) is 15.4 Å². The summed E-state index contributed by atoms with van der Waals surface area (Å²) in [6.07, 6.45) is 1.58. The van der Waals surface area contributed by atoms with Crippen molar-refractivity contribution in [2.24, 2.45) is 0 Å². The second-order valence-electron chi connectivity index (χ2n) is 4.08. The van der Waals surface area contributed by atoms with E-state index in [9.17, 15) is 18.0 Å². The maximum atomic E-state index is 12.0. The van der Waals surface area contributed by atoms with Gasteiger partial charge in [0.05, 0.1) is 0 Å². The van der Waals surface area contributed by atoms with E-state index in [0.29, 0.717) is 17.8 Å². The number of unbranched alkanes of at least 4 members (excludes halogenated alkanes) is 1. The van der Waals surface area contributed by atoms with Crippen molar-refractivity contribution in [3.63, 3.8) is 0 Å². The van der Waals surface area contributed by atoms with Crippen LogP contribution in [0.25, 0.3) is 0 Å². The molecule has 0 aliphatic carbocycles. The van der Waals surface area contributed by atoms with Gasteiger partial charge in [0.25, 0.3) is 10.0 Å². The lowest BCUT2D eigenvalue weighted by Gasteiger charge is -2.13. The molecular weight excluding hydrogens is 292 g/mol. The van der Waals surface area contributed by atoms with Crippen LogP contribution in [0.4, 0.5) is 0 Å². The van der Waals surface area contributed by atoms with E-state index in [1.807, 2.05) is 6.92 Å². The normalized spacial score (nSPS) is 13.4. The van der Waals surface area contributed by atoms with Gasteiger partial charge in [0.2, 0.25) is 0 Å². The molecule has 1 aromatic heterocycles. The van der Waals surface area contributed by atoms with Crippen LogP contribution in [0, 0.1) is 6.92 Å². The third-order valence-corrected chi connectivity index (χ3v) is 5.54. The van der Waals surface area contributed by atoms with Gasteiger partial charge in [0.1, 0.15) is 6.04 Å². The lowest BCUT2D eigenvalue weighted by atomic mass is 10.1. The maximum Gasteiger partial charge on any atom is 0.321 e. The van der Waals surface area contributed by atoms with Crippen LogP contribution in [0.5, 0.6) is 0 Å². The van der Waals surface area contributed by atoms with E-state index < -0.39 is 26.9 Å². The quantitative estimate of drug-likeness (QED) is 0.684. The summed E-state index contributed by atoms with van der Waals surface area (Å²) in [5.74, 6) is -1.22. The van der Waals surface area contributed by atoms with Crippen LogP contribution in [0.15, 0.2) is 9.00 Å². The molecular formula is C10H16N2O5S2. The Morgan fingerprint density at radius 1 is 1.53 bits per heavy atom. The fourth-order valence-corrected chi connectivity index (χ4v) is 4.07. The minimum atomic E-state index is -3.99. The molecule has 1 atom stereocenters. The minimum Gasteiger partial charge on any atom is -0.480 e. The van der Waals surface area contributed by atoms with E-state index >= 15 is 0 Å². The fraction of sp³-hybridized carbons (Fsp3) is 0.600. The second-order valence-corrected chi connectivity index (χ2v) is 6.97. The number of hydrogen-bond donors (Lipinski definition) is 3. The van der Waals surface area contributed by atoms with Crippen molar-refractivity contribution in [1.29, 1.82) is 0 Å². The lowest BCUT2D eigenvalue weighted by molar-refractivity contribution is -0.139. The summed E-state index contributed by atoms with van der Waals surface area (Å²) >= 11 is 0.544. The molecule has 0 aliphatic rings. The minimum absolute atomic E-state index is 0.166. The number of aromatic amines is 1. The molecule has 19 heavy (non-hydrogen) atoms. The molecule has 7 nitrogen and oxygen atoms in total. The summed E-state index contributed by atoms with van der Waals surface area (Å²) < 4.78 is 26.0. The number of carbonyl (C=O) groups is 1. The molecule has 108 valence electrons. The molecule has 1 heterocycles. The highest BCUT2D eigenvalue weighted by atomic mass is 32.2. The molecule has 0 aromatic carbocycles. The number of nitrogens with one attached hydrogen (secondary N) is 2. The van der Waals surface area contributed by atoms with Crippen LogP contribution >= 0.6 is 11.3 Å². The van der Waals surface area contributed by atoms with E-state index in [-0.39, 0.29) is 16.3 Å². The van der Waals surface area contributed by atoms with Gasteiger partial charge in [-0.3, -0.25) is 9.59 Å². The second kappa shape index (κ2) is 6.31. The lowest BCUT2D eigenvalue weighted by Crippen LogP contribution is -2.40. The van der Waals surface area contributed by atoms with Crippen LogP contribution < -0.4 is 9.60 Å². The number of rotatable bonds is 7. The van der Waals surface area contributed by atoms with E-state index in [1.165, 1.54) is 6.92 Å². The first-order valence-corrected chi connectivity index (χ1v) is 8.02. The average molecular weight is 308 g/mol. The van der Waals surface area contributed by atoms with Crippen LogP contribution in [0.1, 0.15) is 31.9 Å². The van der Waals surface area contributed by atoms with Crippen molar-refractivity contribution < 1.29 is 18.3 Å². The van der Waals surface area contributed by atoms with Crippen molar-refractivity contribution >= 4 is 27.3 Å². The summed E-state index contributed by atoms with van der Waals surface area (Å²) in [6, 6.07) is -1.18. The van der Waals surface area contributed by atoms with Gasteiger partial charge in [-0.1, -0.05) is 31.1 Å². The highest BCUT2D eigenvalue weighted by Crippen LogP contribution is 2.16. The average Bonchev–Trinajstić information content (AvgIpc) is 2.64. The Morgan fingerprint density at radius 2 is 2.16 bits per heavy atom. The summed E-state index contributed by atoms with van der Waals surface area (Å²) in [7, 11) is -3.99. The smallest absolute Gasteiger partial charge is 0.321 e. The number of aromatic nitrogens is 1. The van der Waals surface area contributed by atoms with E-state index in [4.69, 9.17) is 5.11 Å². The molecule has 1 aromatic rings. The Labute approximate surface area is 114 Å². The zero-order valence-corrected chi connectivity index (χ0v) is 12.2. The van der Waals surface area contributed by atoms with E-state index in [1.54, 1.807) is 0 Å². The molecule has 1 rings (SSSR count). The van der Waals surface area contributed by atoms with Gasteiger partial charge in [-0.05, 0) is 13.3 Å². The van der Waals surface area contributed by atoms with Gasteiger partial charge in [-0.15, -0.1) is 0 Å². The van der Waals surface area contributed by atoms with Gasteiger partial charge < -0.3 is 10.1 Å². The van der Waals surface area contributed by atoms with E-state index in [0.717, 1.165) is 6.42 Å². The largest absolute Gasteiger partial charge is 0.480 e. The predicted octanol–water partition coefficient (Wildman–Crippen LogP) is 0.667. The number of carboxylic acids is 1. The molecule has 1 unspecified atom stereocenters. The molecule has 3 N–H and O–H groups in total. The molecule has 0 saturated carbocycles. The van der Waals surface area contributed by atoms with Gasteiger partial charge in [0.15, 0.2) is 4.21 Å². The fourth-order valence-electron chi connectivity index (χ4n) is 1.53. The number of carboxylic acid groups (broad SMARTS) is 1. The molecule has 0 radical (unpaired) electrons. The molecule has 9 heteroatoms. The molecule has 0 aliphatic heterocycles. The first-order valence-electron chi connectivity index (χ1n) is 5.72. The molecule has 0 saturated heterocycles. The standard InChI is InChI=1S/C10H16N2O5S2/c1-3-4-5-7(8(13)14)12-19(16,17)9-6(2)11-10(15)18-9/h7,12H,3-5H2,1-2H3,(H,11,15)(H,13,14). The first kappa shape index (κ1) is 15.9. The third-order valence-electron chi connectivity index (χ3n) is 2.47. The van der Waals surface area contributed by atoms with Gasteiger partial charge in [0, 0.05) is 5.69 Å². The summed E-state index contributed by atoms with van der Waals surface area (Å²) in [4.78, 5) is 24.0. The summed E-state index contributed by atoms with van der Waals surface area (Å²) in [5, 5.41) is 8.99. The number of hydrogen-bond acceptors (Lipinski definition) is 5. The van der Waals surface area contributed by atoms with Crippen LogP contribution in [-0.2, 0) is 14.8 Å². The number of thiazole rings is 1.